The Bertz CT molecular complexity index is 794. The monoisotopic (exact) mass is 371 g/mol. The van der Waals surface area contributed by atoms with Crippen LogP contribution < -0.4 is 16.3 Å². The molecule has 0 unspecified atom stereocenters. The maximum absolute atomic E-state index is 12.3. The molecule has 0 spiro atoms. The van der Waals surface area contributed by atoms with Gasteiger partial charge in [-0.15, -0.1) is 0 Å². The van der Waals surface area contributed by atoms with Crippen LogP contribution in [0.1, 0.15) is 37.7 Å². The third kappa shape index (κ3) is 5.42. The standard InChI is InChI=1S/C19H29N7O/c1-2-20-18(23-13-10-16-8-3-5-11-21-16)22-12-7-15-26-19(27)25-14-6-4-9-17(25)24-26/h3,5,8,11H,2,4,6-7,9-10,12-15H2,1H3,(H2,20,22,23). The fraction of sp³-hybridized carbons (Fsp3) is 0.579. The minimum Gasteiger partial charge on any atom is -0.357 e. The number of hydrogen-bond donors (Lipinski definition) is 2. The first-order chi connectivity index (χ1) is 13.3. The second-order valence-corrected chi connectivity index (χ2v) is 6.64. The molecule has 2 N–H and O–H groups in total. The number of pyridine rings is 1. The number of fused-ring (bicyclic) bond motifs is 1. The van der Waals surface area contributed by atoms with Crippen molar-refractivity contribution in [3.05, 3.63) is 46.4 Å². The number of aryl methyl sites for hydroxylation is 2. The Balaban J connectivity index is 1.46. The van der Waals surface area contributed by atoms with Crippen molar-refractivity contribution in [2.24, 2.45) is 4.99 Å². The van der Waals surface area contributed by atoms with E-state index in [0.29, 0.717) is 13.1 Å². The third-order valence-corrected chi connectivity index (χ3v) is 4.57. The van der Waals surface area contributed by atoms with Crippen LogP contribution in [0.25, 0.3) is 0 Å². The summed E-state index contributed by atoms with van der Waals surface area (Å²) < 4.78 is 3.41. The minimum atomic E-state index is 0.0223. The molecule has 0 aromatic carbocycles. The zero-order chi connectivity index (χ0) is 18.9. The van der Waals surface area contributed by atoms with Crippen molar-refractivity contribution in [1.82, 2.24) is 30.0 Å². The van der Waals surface area contributed by atoms with E-state index in [0.717, 1.165) is 69.2 Å². The summed E-state index contributed by atoms with van der Waals surface area (Å²) in [5.74, 6) is 1.73. The molecule has 0 saturated carbocycles. The molecule has 0 radical (unpaired) electrons. The number of aliphatic imine (C=N–C) groups is 1. The van der Waals surface area contributed by atoms with Crippen molar-refractivity contribution >= 4 is 5.96 Å². The van der Waals surface area contributed by atoms with E-state index in [-0.39, 0.29) is 5.69 Å². The summed E-state index contributed by atoms with van der Waals surface area (Å²) >= 11 is 0. The second kappa shape index (κ2) is 9.89. The number of rotatable bonds is 8. The van der Waals surface area contributed by atoms with E-state index in [1.165, 1.54) is 0 Å². The van der Waals surface area contributed by atoms with Crippen molar-refractivity contribution in [3.8, 4) is 0 Å². The number of hydrogen-bond acceptors (Lipinski definition) is 4. The van der Waals surface area contributed by atoms with Gasteiger partial charge in [-0.2, -0.15) is 5.10 Å². The topological polar surface area (TPSA) is 89.1 Å². The summed E-state index contributed by atoms with van der Waals surface area (Å²) in [6, 6.07) is 5.94. The van der Waals surface area contributed by atoms with Gasteiger partial charge in [0.25, 0.3) is 0 Å². The van der Waals surface area contributed by atoms with Gasteiger partial charge in [-0.25, -0.2) is 9.48 Å². The fourth-order valence-electron chi connectivity index (χ4n) is 3.20. The maximum atomic E-state index is 12.3. The normalized spacial score (nSPS) is 14.0. The Morgan fingerprint density at radius 3 is 3.00 bits per heavy atom. The number of nitrogens with zero attached hydrogens (tertiary/aromatic N) is 5. The molecule has 8 nitrogen and oxygen atoms in total. The molecule has 1 aliphatic heterocycles. The molecule has 0 atom stereocenters. The van der Waals surface area contributed by atoms with E-state index in [2.05, 4.69) is 25.7 Å². The lowest BCUT2D eigenvalue weighted by atomic mass is 10.2. The largest absolute Gasteiger partial charge is 0.357 e. The predicted molar refractivity (Wildman–Crippen MR) is 106 cm³/mol. The summed E-state index contributed by atoms with van der Waals surface area (Å²) in [6.07, 6.45) is 6.54. The molecule has 2 aromatic rings. The Kier molecular flexibility index (Phi) is 7.01. The minimum absolute atomic E-state index is 0.0223. The lowest BCUT2D eigenvalue weighted by Crippen LogP contribution is -2.38. The summed E-state index contributed by atoms with van der Waals surface area (Å²) in [5.41, 5.74) is 1.08. The van der Waals surface area contributed by atoms with Gasteiger partial charge in [0.15, 0.2) is 5.96 Å². The highest BCUT2D eigenvalue weighted by Gasteiger charge is 2.16. The molecule has 3 rings (SSSR count). The molecule has 1 aliphatic rings. The van der Waals surface area contributed by atoms with Gasteiger partial charge in [-0.1, -0.05) is 6.07 Å². The fourth-order valence-corrected chi connectivity index (χ4v) is 3.20. The van der Waals surface area contributed by atoms with E-state index in [4.69, 9.17) is 0 Å². The summed E-state index contributed by atoms with van der Waals surface area (Å²) in [6.45, 7) is 5.68. The lowest BCUT2D eigenvalue weighted by molar-refractivity contribution is 0.509. The van der Waals surface area contributed by atoms with Crippen LogP contribution in [0.3, 0.4) is 0 Å². The van der Waals surface area contributed by atoms with Gasteiger partial charge in [0.1, 0.15) is 5.82 Å². The van der Waals surface area contributed by atoms with Crippen LogP contribution in [-0.2, 0) is 25.9 Å². The molecule has 3 heterocycles. The zero-order valence-electron chi connectivity index (χ0n) is 16.0. The number of aromatic nitrogens is 4. The highest BCUT2D eigenvalue weighted by molar-refractivity contribution is 5.79. The quantitative estimate of drug-likeness (QED) is 0.410. The van der Waals surface area contributed by atoms with Crippen LogP contribution in [0.5, 0.6) is 0 Å². The Labute approximate surface area is 159 Å². The van der Waals surface area contributed by atoms with Gasteiger partial charge in [-0.05, 0) is 38.3 Å². The first kappa shape index (κ1) is 19.1. The maximum Gasteiger partial charge on any atom is 0.345 e. The van der Waals surface area contributed by atoms with Gasteiger partial charge < -0.3 is 10.6 Å². The van der Waals surface area contributed by atoms with E-state index >= 15 is 0 Å². The van der Waals surface area contributed by atoms with E-state index in [9.17, 15) is 4.79 Å². The first-order valence-electron chi connectivity index (χ1n) is 9.86. The van der Waals surface area contributed by atoms with Gasteiger partial charge >= 0.3 is 5.69 Å². The van der Waals surface area contributed by atoms with Crippen LogP contribution >= 0.6 is 0 Å². The molecular formula is C19H29N7O. The highest BCUT2D eigenvalue weighted by atomic mass is 16.2. The third-order valence-electron chi connectivity index (χ3n) is 4.57. The van der Waals surface area contributed by atoms with Crippen molar-refractivity contribution in [3.63, 3.8) is 0 Å². The van der Waals surface area contributed by atoms with Crippen LogP contribution in [0, 0.1) is 0 Å². The predicted octanol–water partition coefficient (Wildman–Crippen LogP) is 0.964. The average molecular weight is 371 g/mol. The van der Waals surface area contributed by atoms with E-state index < -0.39 is 0 Å². The average Bonchev–Trinajstić information content (AvgIpc) is 3.02. The molecule has 2 aromatic heterocycles. The molecule has 0 fully saturated rings. The zero-order valence-corrected chi connectivity index (χ0v) is 16.0. The van der Waals surface area contributed by atoms with Gasteiger partial charge in [0.05, 0.1) is 0 Å². The van der Waals surface area contributed by atoms with E-state index in [1.807, 2.05) is 35.9 Å². The summed E-state index contributed by atoms with van der Waals surface area (Å²) in [4.78, 5) is 21.2. The molecule has 0 aliphatic carbocycles. The molecule has 0 amide bonds. The first-order valence-corrected chi connectivity index (χ1v) is 9.86. The van der Waals surface area contributed by atoms with Crippen molar-refractivity contribution in [2.45, 2.75) is 52.1 Å². The van der Waals surface area contributed by atoms with Crippen molar-refractivity contribution < 1.29 is 0 Å². The highest BCUT2D eigenvalue weighted by Crippen LogP contribution is 2.09. The van der Waals surface area contributed by atoms with Crippen LogP contribution in [-0.4, -0.2) is 44.9 Å². The van der Waals surface area contributed by atoms with Crippen LogP contribution in [0.2, 0.25) is 0 Å². The van der Waals surface area contributed by atoms with E-state index in [1.54, 1.807) is 4.68 Å². The summed E-state index contributed by atoms with van der Waals surface area (Å²) in [5, 5.41) is 11.0. The Hall–Kier alpha value is -2.64. The lowest BCUT2D eigenvalue weighted by Gasteiger charge is -2.11. The number of guanidine groups is 1. The Morgan fingerprint density at radius 1 is 1.30 bits per heavy atom. The molecular weight excluding hydrogens is 342 g/mol. The van der Waals surface area contributed by atoms with Gasteiger partial charge in [0.2, 0.25) is 0 Å². The Morgan fingerprint density at radius 2 is 2.22 bits per heavy atom. The molecule has 0 bridgehead atoms. The van der Waals surface area contributed by atoms with Gasteiger partial charge in [0, 0.05) is 57.5 Å². The van der Waals surface area contributed by atoms with Gasteiger partial charge in [-0.3, -0.25) is 14.5 Å². The molecule has 8 heteroatoms. The summed E-state index contributed by atoms with van der Waals surface area (Å²) in [7, 11) is 0. The smallest absolute Gasteiger partial charge is 0.345 e. The molecule has 0 saturated heterocycles. The SMILES string of the molecule is CCNC(=NCCCn1nc2n(c1=O)CCCC2)NCCc1ccccn1. The number of nitrogens with one attached hydrogen (secondary N) is 2. The molecule has 27 heavy (non-hydrogen) atoms. The van der Waals surface area contributed by atoms with Crippen molar-refractivity contribution in [2.75, 3.05) is 19.6 Å². The van der Waals surface area contributed by atoms with Crippen LogP contribution in [0.4, 0.5) is 0 Å². The molecule has 146 valence electrons. The second-order valence-electron chi connectivity index (χ2n) is 6.64. The van der Waals surface area contributed by atoms with Crippen LogP contribution in [0.15, 0.2) is 34.2 Å². The van der Waals surface area contributed by atoms with Crippen molar-refractivity contribution in [1.29, 1.82) is 0 Å².